The first-order valence-electron chi connectivity index (χ1n) is 11.2. The molecule has 2 heterocycles. The summed E-state index contributed by atoms with van der Waals surface area (Å²) >= 11 is 0. The Morgan fingerprint density at radius 2 is 1.69 bits per heavy atom. The molecule has 32 heavy (non-hydrogen) atoms. The molecule has 0 bridgehead atoms. The minimum Gasteiger partial charge on any atom is -0.450 e. The Balaban J connectivity index is 1.82. The van der Waals surface area contributed by atoms with E-state index < -0.39 is 6.04 Å². The van der Waals surface area contributed by atoms with Gasteiger partial charge in [0.2, 0.25) is 5.76 Å². The van der Waals surface area contributed by atoms with E-state index in [4.69, 9.17) is 4.42 Å². The molecule has 0 N–H and O–H groups in total. The molecule has 0 unspecified atom stereocenters. The highest BCUT2D eigenvalue weighted by Crippen LogP contribution is 2.38. The van der Waals surface area contributed by atoms with Crippen LogP contribution in [-0.2, 0) is 0 Å². The van der Waals surface area contributed by atoms with Crippen LogP contribution in [0.25, 0.3) is 11.0 Å². The molecule has 0 saturated carbocycles. The van der Waals surface area contributed by atoms with E-state index in [0.29, 0.717) is 28.6 Å². The molecule has 0 radical (unpaired) electrons. The second-order valence-electron chi connectivity index (χ2n) is 8.44. The van der Waals surface area contributed by atoms with Crippen molar-refractivity contribution in [3.8, 4) is 0 Å². The number of amides is 1. The first-order valence-corrected chi connectivity index (χ1v) is 11.2. The van der Waals surface area contributed by atoms with E-state index in [-0.39, 0.29) is 22.9 Å². The number of rotatable bonds is 7. The third-order valence-electron chi connectivity index (χ3n) is 6.54. The molecule has 4 rings (SSSR count). The zero-order chi connectivity index (χ0) is 23.0. The summed E-state index contributed by atoms with van der Waals surface area (Å²) in [7, 11) is 0. The highest BCUT2D eigenvalue weighted by atomic mass is 19.1. The summed E-state index contributed by atoms with van der Waals surface area (Å²) in [6.07, 6.45) is 0.769. The number of hydrogen-bond acceptors (Lipinski definition) is 4. The van der Waals surface area contributed by atoms with Crippen molar-refractivity contribution in [2.24, 2.45) is 0 Å². The Kier molecular flexibility index (Phi) is 6.15. The zero-order valence-corrected chi connectivity index (χ0v) is 19.1. The molecule has 1 aliphatic heterocycles. The highest BCUT2D eigenvalue weighted by Gasteiger charge is 2.42. The van der Waals surface area contributed by atoms with Crippen molar-refractivity contribution in [2.75, 3.05) is 26.2 Å². The van der Waals surface area contributed by atoms with Crippen LogP contribution >= 0.6 is 0 Å². The average molecular weight is 437 g/mol. The molecule has 1 aromatic heterocycles. The van der Waals surface area contributed by atoms with E-state index >= 15 is 0 Å². The molecule has 1 atom stereocenters. The number of carbonyl (C=O) groups excluding carboxylic acids is 1. The van der Waals surface area contributed by atoms with Crippen LogP contribution < -0.4 is 5.43 Å². The van der Waals surface area contributed by atoms with Crippen LogP contribution in [0, 0.1) is 19.7 Å². The molecule has 5 nitrogen and oxygen atoms in total. The number of carbonyl (C=O) groups is 1. The standard InChI is InChI=1S/C26H29FN2O3/c1-5-28(6-2)12-7-13-29-23(18-8-10-19(27)11-9-18)22-24(30)20-14-16(3)17(4)15-21(20)32-25(22)26(29)31/h8-11,14-15,23H,5-7,12-13H2,1-4H3/t23-/m1/s1. The van der Waals surface area contributed by atoms with Crippen molar-refractivity contribution in [3.05, 3.63) is 80.5 Å². The van der Waals surface area contributed by atoms with Gasteiger partial charge >= 0.3 is 0 Å². The lowest BCUT2D eigenvalue weighted by molar-refractivity contribution is 0.0720. The van der Waals surface area contributed by atoms with Crippen LogP contribution in [-0.4, -0.2) is 41.9 Å². The van der Waals surface area contributed by atoms with Crippen LogP contribution in [0.5, 0.6) is 0 Å². The predicted octanol–water partition coefficient (Wildman–Crippen LogP) is 4.83. The fourth-order valence-electron chi connectivity index (χ4n) is 4.50. The van der Waals surface area contributed by atoms with Gasteiger partial charge in [-0.05, 0) is 80.9 Å². The Morgan fingerprint density at radius 3 is 2.34 bits per heavy atom. The van der Waals surface area contributed by atoms with Crippen molar-refractivity contribution in [2.45, 2.75) is 40.2 Å². The van der Waals surface area contributed by atoms with Crippen LogP contribution in [0.4, 0.5) is 4.39 Å². The van der Waals surface area contributed by atoms with E-state index in [2.05, 4.69) is 18.7 Å². The molecular weight excluding hydrogens is 407 g/mol. The molecule has 1 aliphatic rings. The number of hydrogen-bond donors (Lipinski definition) is 0. The summed E-state index contributed by atoms with van der Waals surface area (Å²) in [5.41, 5.74) is 3.27. The number of benzene rings is 2. The van der Waals surface area contributed by atoms with Gasteiger partial charge in [-0.3, -0.25) is 9.59 Å². The van der Waals surface area contributed by atoms with Gasteiger partial charge in [-0.1, -0.05) is 26.0 Å². The third kappa shape index (κ3) is 3.84. The maximum Gasteiger partial charge on any atom is 0.290 e. The molecule has 0 fully saturated rings. The van der Waals surface area contributed by atoms with E-state index in [1.807, 2.05) is 26.0 Å². The molecule has 1 amide bonds. The van der Waals surface area contributed by atoms with Gasteiger partial charge in [-0.15, -0.1) is 0 Å². The average Bonchev–Trinajstić information content (AvgIpc) is 3.05. The molecule has 3 aromatic rings. The van der Waals surface area contributed by atoms with E-state index in [1.165, 1.54) is 12.1 Å². The van der Waals surface area contributed by atoms with Gasteiger partial charge in [0.25, 0.3) is 5.91 Å². The first-order chi connectivity index (χ1) is 15.3. The zero-order valence-electron chi connectivity index (χ0n) is 19.1. The summed E-state index contributed by atoms with van der Waals surface area (Å²) in [5.74, 6) is -0.544. The lowest BCUT2D eigenvalue weighted by Gasteiger charge is -2.26. The topological polar surface area (TPSA) is 53.8 Å². The summed E-state index contributed by atoms with van der Waals surface area (Å²) in [6.45, 7) is 11.3. The molecule has 6 heteroatoms. The Hall–Kier alpha value is -2.99. The molecule has 0 aliphatic carbocycles. The van der Waals surface area contributed by atoms with Gasteiger partial charge < -0.3 is 14.2 Å². The summed E-state index contributed by atoms with van der Waals surface area (Å²) < 4.78 is 19.6. The fraction of sp³-hybridized carbons (Fsp3) is 0.385. The van der Waals surface area contributed by atoms with Crippen LogP contribution in [0.2, 0.25) is 0 Å². The summed E-state index contributed by atoms with van der Waals surface area (Å²) in [4.78, 5) is 31.0. The number of fused-ring (bicyclic) bond motifs is 2. The van der Waals surface area contributed by atoms with Crippen molar-refractivity contribution in [1.29, 1.82) is 0 Å². The minimum absolute atomic E-state index is 0.0999. The van der Waals surface area contributed by atoms with E-state index in [0.717, 1.165) is 37.2 Å². The second kappa shape index (κ2) is 8.87. The minimum atomic E-state index is -0.586. The van der Waals surface area contributed by atoms with E-state index in [9.17, 15) is 14.0 Å². The number of aryl methyl sites for hydroxylation is 2. The van der Waals surface area contributed by atoms with Crippen LogP contribution in [0.15, 0.2) is 45.6 Å². The first kappa shape index (κ1) is 22.2. The van der Waals surface area contributed by atoms with Gasteiger partial charge in [-0.25, -0.2) is 4.39 Å². The summed E-state index contributed by atoms with van der Waals surface area (Å²) in [6, 6.07) is 9.07. The van der Waals surface area contributed by atoms with Gasteiger partial charge in [-0.2, -0.15) is 0 Å². The van der Waals surface area contributed by atoms with Crippen molar-refractivity contribution >= 4 is 16.9 Å². The molecule has 0 spiro atoms. The van der Waals surface area contributed by atoms with E-state index in [1.54, 1.807) is 17.0 Å². The SMILES string of the molecule is CCN(CC)CCCN1C(=O)c2oc3cc(C)c(C)cc3c(=O)c2[C@H]1c1ccc(F)cc1. The van der Waals surface area contributed by atoms with Gasteiger partial charge in [0.15, 0.2) is 5.43 Å². The second-order valence-corrected chi connectivity index (χ2v) is 8.44. The molecule has 2 aromatic carbocycles. The van der Waals surface area contributed by atoms with Gasteiger partial charge in [0.1, 0.15) is 11.4 Å². The summed E-state index contributed by atoms with van der Waals surface area (Å²) in [5, 5.41) is 0.469. The highest BCUT2D eigenvalue weighted by molar-refractivity contribution is 5.99. The quantitative estimate of drug-likeness (QED) is 0.533. The third-order valence-corrected chi connectivity index (χ3v) is 6.54. The Labute approximate surface area is 187 Å². The molecular formula is C26H29FN2O3. The monoisotopic (exact) mass is 436 g/mol. The maximum absolute atomic E-state index is 13.6. The number of nitrogens with zero attached hydrogens (tertiary/aromatic N) is 2. The smallest absolute Gasteiger partial charge is 0.290 e. The lowest BCUT2D eigenvalue weighted by atomic mass is 9.97. The largest absolute Gasteiger partial charge is 0.450 e. The lowest BCUT2D eigenvalue weighted by Crippen LogP contribution is -2.33. The van der Waals surface area contributed by atoms with Gasteiger partial charge in [0, 0.05) is 6.54 Å². The van der Waals surface area contributed by atoms with Crippen molar-refractivity contribution in [1.82, 2.24) is 9.80 Å². The fourth-order valence-corrected chi connectivity index (χ4v) is 4.50. The maximum atomic E-state index is 13.6. The number of halogens is 1. The normalized spacial score (nSPS) is 15.8. The van der Waals surface area contributed by atoms with Gasteiger partial charge in [0.05, 0.1) is 17.0 Å². The Morgan fingerprint density at radius 1 is 1.03 bits per heavy atom. The van der Waals surface area contributed by atoms with Crippen molar-refractivity contribution in [3.63, 3.8) is 0 Å². The van der Waals surface area contributed by atoms with Crippen LogP contribution in [0.1, 0.15) is 59.1 Å². The van der Waals surface area contributed by atoms with Crippen LogP contribution in [0.3, 0.4) is 0 Å². The Bertz CT molecular complexity index is 1210. The molecule has 0 saturated heterocycles. The van der Waals surface area contributed by atoms with Crippen molar-refractivity contribution < 1.29 is 13.6 Å². The predicted molar refractivity (Wildman–Crippen MR) is 124 cm³/mol. The molecule has 168 valence electrons.